The molecule has 0 radical (unpaired) electrons. The minimum Gasteiger partial charge on any atom is -0.497 e. The van der Waals surface area contributed by atoms with Crippen LogP contribution < -0.4 is 9.64 Å². The molecule has 5 heteroatoms. The van der Waals surface area contributed by atoms with Crippen molar-refractivity contribution in [3.63, 3.8) is 0 Å². The SMILES string of the molecule is COc1ccnc(N2CCN(C3CCN(C)CC3)CC2C)c1. The zero-order chi connectivity index (χ0) is 15.5. The van der Waals surface area contributed by atoms with Crippen LogP contribution in [0.1, 0.15) is 19.8 Å². The van der Waals surface area contributed by atoms with Gasteiger partial charge in [0, 0.05) is 44.0 Å². The van der Waals surface area contributed by atoms with Crippen molar-refractivity contribution in [2.24, 2.45) is 0 Å². The van der Waals surface area contributed by atoms with Crippen molar-refractivity contribution in [2.75, 3.05) is 51.8 Å². The predicted octanol–water partition coefficient (Wildman–Crippen LogP) is 1.69. The van der Waals surface area contributed by atoms with Gasteiger partial charge in [-0.1, -0.05) is 0 Å². The topological polar surface area (TPSA) is 31.8 Å². The second kappa shape index (κ2) is 6.84. The third-order valence-corrected chi connectivity index (χ3v) is 5.11. The van der Waals surface area contributed by atoms with Gasteiger partial charge in [-0.25, -0.2) is 4.98 Å². The second-order valence-electron chi connectivity index (χ2n) is 6.63. The number of pyridine rings is 1. The van der Waals surface area contributed by atoms with Gasteiger partial charge < -0.3 is 14.5 Å². The maximum Gasteiger partial charge on any atom is 0.132 e. The number of nitrogens with zero attached hydrogens (tertiary/aromatic N) is 4. The van der Waals surface area contributed by atoms with Gasteiger partial charge in [-0.3, -0.25) is 4.90 Å². The summed E-state index contributed by atoms with van der Waals surface area (Å²) in [4.78, 5) is 12.1. The first-order chi connectivity index (χ1) is 10.7. The number of rotatable bonds is 3. The Morgan fingerprint density at radius 1 is 1.18 bits per heavy atom. The van der Waals surface area contributed by atoms with E-state index in [4.69, 9.17) is 4.74 Å². The zero-order valence-electron chi connectivity index (χ0n) is 14.0. The van der Waals surface area contributed by atoms with E-state index in [1.54, 1.807) is 7.11 Å². The Hall–Kier alpha value is -1.33. The fourth-order valence-corrected chi connectivity index (χ4v) is 3.70. The van der Waals surface area contributed by atoms with E-state index in [-0.39, 0.29) is 0 Å². The molecule has 0 spiro atoms. The summed E-state index contributed by atoms with van der Waals surface area (Å²) in [5.41, 5.74) is 0. The number of piperazine rings is 1. The van der Waals surface area contributed by atoms with Crippen molar-refractivity contribution in [3.8, 4) is 5.75 Å². The number of anilines is 1. The van der Waals surface area contributed by atoms with E-state index in [9.17, 15) is 0 Å². The highest BCUT2D eigenvalue weighted by Gasteiger charge is 2.30. The monoisotopic (exact) mass is 304 g/mol. The van der Waals surface area contributed by atoms with Crippen LogP contribution in [0.25, 0.3) is 0 Å². The molecule has 2 saturated heterocycles. The molecule has 0 N–H and O–H groups in total. The lowest BCUT2D eigenvalue weighted by Crippen LogP contribution is -2.56. The zero-order valence-corrected chi connectivity index (χ0v) is 14.0. The van der Waals surface area contributed by atoms with Crippen molar-refractivity contribution >= 4 is 5.82 Å². The molecule has 0 amide bonds. The van der Waals surface area contributed by atoms with Crippen LogP contribution in [0.5, 0.6) is 5.75 Å². The lowest BCUT2D eigenvalue weighted by atomic mass is 10.0. The van der Waals surface area contributed by atoms with Gasteiger partial charge in [-0.15, -0.1) is 0 Å². The average molecular weight is 304 g/mol. The van der Waals surface area contributed by atoms with Crippen LogP contribution in [0.15, 0.2) is 18.3 Å². The van der Waals surface area contributed by atoms with Crippen molar-refractivity contribution in [3.05, 3.63) is 18.3 Å². The Bertz CT molecular complexity index is 487. The number of ether oxygens (including phenoxy) is 1. The number of likely N-dealkylation sites (tertiary alicyclic amines) is 1. The van der Waals surface area contributed by atoms with Crippen LogP contribution in [-0.4, -0.2) is 73.7 Å². The molecule has 5 nitrogen and oxygen atoms in total. The third kappa shape index (κ3) is 3.36. The van der Waals surface area contributed by atoms with Crippen LogP contribution in [0.4, 0.5) is 5.82 Å². The normalized spacial score (nSPS) is 25.4. The quantitative estimate of drug-likeness (QED) is 0.848. The fraction of sp³-hybridized carbons (Fsp3) is 0.706. The standard InChI is InChI=1S/C17H28N4O/c1-14-13-20(15-5-8-19(2)9-6-15)10-11-21(14)17-12-16(22-3)4-7-18-17/h4,7,12,14-15H,5-6,8-11,13H2,1-3H3. The summed E-state index contributed by atoms with van der Waals surface area (Å²) in [6.07, 6.45) is 4.45. The van der Waals surface area contributed by atoms with Crippen molar-refractivity contribution < 1.29 is 4.74 Å². The third-order valence-electron chi connectivity index (χ3n) is 5.11. The van der Waals surface area contributed by atoms with E-state index >= 15 is 0 Å². The van der Waals surface area contributed by atoms with E-state index in [0.717, 1.165) is 37.2 Å². The van der Waals surface area contributed by atoms with Gasteiger partial charge in [-0.05, 0) is 46.0 Å². The van der Waals surface area contributed by atoms with Gasteiger partial charge in [0.1, 0.15) is 11.6 Å². The van der Waals surface area contributed by atoms with E-state index in [0.29, 0.717) is 6.04 Å². The Morgan fingerprint density at radius 3 is 2.64 bits per heavy atom. The Balaban J connectivity index is 1.62. The summed E-state index contributed by atoms with van der Waals surface area (Å²) in [5.74, 6) is 1.92. The lowest BCUT2D eigenvalue weighted by molar-refractivity contribution is 0.104. The summed E-state index contributed by atoms with van der Waals surface area (Å²) in [6, 6.07) is 5.21. The summed E-state index contributed by atoms with van der Waals surface area (Å²) in [5, 5.41) is 0. The summed E-state index contributed by atoms with van der Waals surface area (Å²) >= 11 is 0. The molecule has 0 aromatic carbocycles. The van der Waals surface area contributed by atoms with E-state index in [1.165, 1.54) is 25.9 Å². The van der Waals surface area contributed by atoms with E-state index in [2.05, 4.69) is 33.7 Å². The average Bonchev–Trinajstić information content (AvgIpc) is 2.55. The molecule has 1 atom stereocenters. The molecule has 1 unspecified atom stereocenters. The van der Waals surface area contributed by atoms with Crippen molar-refractivity contribution in [1.82, 2.24) is 14.8 Å². The fourth-order valence-electron chi connectivity index (χ4n) is 3.70. The molecule has 2 aliphatic rings. The molecule has 2 fully saturated rings. The molecule has 1 aromatic rings. The molecule has 2 aliphatic heterocycles. The minimum absolute atomic E-state index is 0.494. The van der Waals surface area contributed by atoms with Gasteiger partial charge >= 0.3 is 0 Å². The molecule has 1 aromatic heterocycles. The molecule has 122 valence electrons. The molecular weight excluding hydrogens is 276 g/mol. The number of methoxy groups -OCH3 is 1. The Kier molecular flexibility index (Phi) is 4.84. The first kappa shape index (κ1) is 15.6. The molecule has 0 aliphatic carbocycles. The number of piperidine rings is 1. The Morgan fingerprint density at radius 2 is 1.95 bits per heavy atom. The molecule has 0 bridgehead atoms. The molecule has 3 heterocycles. The minimum atomic E-state index is 0.494. The first-order valence-electron chi connectivity index (χ1n) is 8.36. The van der Waals surface area contributed by atoms with Crippen LogP contribution >= 0.6 is 0 Å². The molecular formula is C17H28N4O. The van der Waals surface area contributed by atoms with Crippen LogP contribution in [0, 0.1) is 0 Å². The summed E-state index contributed by atoms with van der Waals surface area (Å²) < 4.78 is 5.33. The van der Waals surface area contributed by atoms with Gasteiger partial charge in [0.15, 0.2) is 0 Å². The van der Waals surface area contributed by atoms with Crippen molar-refractivity contribution in [2.45, 2.75) is 31.8 Å². The molecule has 22 heavy (non-hydrogen) atoms. The second-order valence-corrected chi connectivity index (χ2v) is 6.63. The molecule has 0 saturated carbocycles. The Labute approximate surface area is 133 Å². The maximum absolute atomic E-state index is 5.33. The maximum atomic E-state index is 5.33. The smallest absolute Gasteiger partial charge is 0.132 e. The molecule has 3 rings (SSSR count). The van der Waals surface area contributed by atoms with Crippen LogP contribution in [0.2, 0.25) is 0 Å². The summed E-state index contributed by atoms with van der Waals surface area (Å²) in [7, 11) is 3.94. The van der Waals surface area contributed by atoms with Gasteiger partial charge in [0.05, 0.1) is 7.11 Å². The van der Waals surface area contributed by atoms with Gasteiger partial charge in [-0.2, -0.15) is 0 Å². The van der Waals surface area contributed by atoms with E-state index < -0.39 is 0 Å². The van der Waals surface area contributed by atoms with Crippen molar-refractivity contribution in [1.29, 1.82) is 0 Å². The van der Waals surface area contributed by atoms with Gasteiger partial charge in [0.25, 0.3) is 0 Å². The van der Waals surface area contributed by atoms with Gasteiger partial charge in [0.2, 0.25) is 0 Å². The summed E-state index contributed by atoms with van der Waals surface area (Å²) in [6.45, 7) is 8.09. The van der Waals surface area contributed by atoms with Crippen LogP contribution in [0.3, 0.4) is 0 Å². The highest BCUT2D eigenvalue weighted by molar-refractivity contribution is 5.45. The van der Waals surface area contributed by atoms with Crippen LogP contribution in [-0.2, 0) is 0 Å². The largest absolute Gasteiger partial charge is 0.497 e. The predicted molar refractivity (Wildman–Crippen MR) is 89.7 cm³/mol. The number of hydrogen-bond donors (Lipinski definition) is 0. The number of aromatic nitrogens is 1. The number of hydrogen-bond acceptors (Lipinski definition) is 5. The highest BCUT2D eigenvalue weighted by Crippen LogP contribution is 2.25. The van der Waals surface area contributed by atoms with E-state index in [1.807, 2.05) is 18.3 Å². The lowest BCUT2D eigenvalue weighted by Gasteiger charge is -2.45. The first-order valence-corrected chi connectivity index (χ1v) is 8.36. The highest BCUT2D eigenvalue weighted by atomic mass is 16.5.